The Bertz CT molecular complexity index is 445. The van der Waals surface area contributed by atoms with Crippen LogP contribution in [0.3, 0.4) is 0 Å². The van der Waals surface area contributed by atoms with Gasteiger partial charge >= 0.3 is 5.97 Å². The van der Waals surface area contributed by atoms with E-state index in [-0.39, 0.29) is 19.4 Å². The minimum atomic E-state index is -4.15. The fourth-order valence-electron chi connectivity index (χ4n) is 1.19. The van der Waals surface area contributed by atoms with Crippen LogP contribution in [0.4, 0.5) is 0 Å². The lowest BCUT2D eigenvalue weighted by Gasteiger charge is -2.12. The topological polar surface area (TPSA) is 150 Å². The number of hydrogen-bond donors (Lipinski definition) is 4. The van der Waals surface area contributed by atoms with E-state index in [9.17, 15) is 22.8 Å². The number of carbonyl (C=O) groups is 3. The normalized spacial score (nSPS) is 12.5. The zero-order chi connectivity index (χ0) is 15.1. The second-order valence-corrected chi connectivity index (χ2v) is 5.34. The first-order chi connectivity index (χ1) is 8.61. The predicted octanol–water partition coefficient (Wildman–Crippen LogP) is -1.64. The molecule has 0 aromatic rings. The summed E-state index contributed by atoms with van der Waals surface area (Å²) in [6.45, 7) is 0.887. The van der Waals surface area contributed by atoms with Gasteiger partial charge in [-0.25, -0.2) is 4.79 Å². The van der Waals surface area contributed by atoms with Gasteiger partial charge in [-0.15, -0.1) is 0 Å². The second-order valence-electron chi connectivity index (χ2n) is 3.77. The average Bonchev–Trinajstić information content (AvgIpc) is 2.21. The maximum Gasteiger partial charge on any atom is 0.326 e. The van der Waals surface area contributed by atoms with Crippen molar-refractivity contribution in [1.29, 1.82) is 0 Å². The van der Waals surface area contributed by atoms with E-state index >= 15 is 0 Å². The molecule has 1 unspecified atom stereocenters. The van der Waals surface area contributed by atoms with Gasteiger partial charge in [0.2, 0.25) is 11.8 Å². The molecule has 2 amide bonds. The van der Waals surface area contributed by atoms with Crippen molar-refractivity contribution in [1.82, 2.24) is 10.6 Å². The van der Waals surface area contributed by atoms with Crippen LogP contribution in [-0.4, -0.2) is 54.2 Å². The molecule has 0 saturated carbocycles. The molecule has 0 bridgehead atoms. The number of carboxylic acids is 1. The average molecular weight is 296 g/mol. The zero-order valence-electron chi connectivity index (χ0n) is 10.2. The highest BCUT2D eigenvalue weighted by Crippen LogP contribution is 1.98. The lowest BCUT2D eigenvalue weighted by Crippen LogP contribution is -2.40. The Labute approximate surface area is 110 Å². The molecule has 0 aromatic heterocycles. The molecule has 19 heavy (non-hydrogen) atoms. The number of nitrogens with one attached hydrogen (secondary N) is 2. The van der Waals surface area contributed by atoms with Crippen LogP contribution in [0.5, 0.6) is 0 Å². The highest BCUT2D eigenvalue weighted by molar-refractivity contribution is 7.85. The van der Waals surface area contributed by atoms with E-state index in [4.69, 9.17) is 9.66 Å². The number of aliphatic carboxylic acids is 1. The fraction of sp³-hybridized carbons (Fsp3) is 0.667. The zero-order valence-corrected chi connectivity index (χ0v) is 11.1. The molecular weight excluding hydrogens is 280 g/mol. The summed E-state index contributed by atoms with van der Waals surface area (Å²) >= 11 is 0. The van der Waals surface area contributed by atoms with E-state index < -0.39 is 39.7 Å². The van der Waals surface area contributed by atoms with Crippen LogP contribution >= 0.6 is 0 Å². The Morgan fingerprint density at radius 3 is 2.26 bits per heavy atom. The number of amides is 2. The van der Waals surface area contributed by atoms with E-state index in [1.165, 1.54) is 0 Å². The van der Waals surface area contributed by atoms with E-state index in [1.807, 2.05) is 0 Å². The predicted molar refractivity (Wildman–Crippen MR) is 63.9 cm³/mol. The molecule has 0 spiro atoms. The molecule has 0 aromatic carbocycles. The summed E-state index contributed by atoms with van der Waals surface area (Å²) in [6.07, 6.45) is -0.310. The van der Waals surface area contributed by atoms with Crippen LogP contribution in [0.2, 0.25) is 0 Å². The van der Waals surface area contributed by atoms with E-state index in [0.717, 1.165) is 6.92 Å². The van der Waals surface area contributed by atoms with Crippen LogP contribution in [0.1, 0.15) is 19.8 Å². The number of rotatable bonds is 8. The highest BCUT2D eigenvalue weighted by atomic mass is 32.2. The van der Waals surface area contributed by atoms with Gasteiger partial charge in [0.25, 0.3) is 10.1 Å². The molecule has 0 aliphatic rings. The lowest BCUT2D eigenvalue weighted by atomic mass is 10.1. The quantitative estimate of drug-likeness (QED) is 0.392. The van der Waals surface area contributed by atoms with Crippen molar-refractivity contribution in [2.45, 2.75) is 25.8 Å². The van der Waals surface area contributed by atoms with Crippen molar-refractivity contribution in [2.24, 2.45) is 0 Å². The smallest absolute Gasteiger partial charge is 0.326 e. The SMILES string of the molecule is CC(=O)NC(CCC(=O)NCCS(=O)(=O)O)C(=O)O. The Hall–Kier alpha value is -1.68. The van der Waals surface area contributed by atoms with Gasteiger partial charge in [0.1, 0.15) is 6.04 Å². The van der Waals surface area contributed by atoms with Crippen LogP contribution in [0.25, 0.3) is 0 Å². The first-order valence-corrected chi connectivity index (χ1v) is 6.94. The number of hydrogen-bond acceptors (Lipinski definition) is 5. The van der Waals surface area contributed by atoms with Crippen molar-refractivity contribution in [3.63, 3.8) is 0 Å². The lowest BCUT2D eigenvalue weighted by molar-refractivity contribution is -0.141. The summed E-state index contributed by atoms with van der Waals surface area (Å²) in [5.41, 5.74) is 0. The van der Waals surface area contributed by atoms with Gasteiger partial charge in [-0.3, -0.25) is 14.1 Å². The minimum Gasteiger partial charge on any atom is -0.480 e. The molecular formula is C9H16N2O7S. The Morgan fingerprint density at radius 2 is 1.84 bits per heavy atom. The van der Waals surface area contributed by atoms with Crippen LogP contribution in [0, 0.1) is 0 Å². The Morgan fingerprint density at radius 1 is 1.26 bits per heavy atom. The number of carbonyl (C=O) groups excluding carboxylic acids is 2. The number of carboxylic acid groups (broad SMARTS) is 1. The fourth-order valence-corrected chi connectivity index (χ4v) is 1.55. The standard InChI is InChI=1S/C9H16N2O7S/c1-6(12)11-7(9(14)15)2-3-8(13)10-4-5-19(16,17)18/h7H,2-5H2,1H3,(H,10,13)(H,11,12)(H,14,15)(H,16,17,18). The van der Waals surface area contributed by atoms with Gasteiger partial charge < -0.3 is 15.7 Å². The van der Waals surface area contributed by atoms with Crippen LogP contribution in [-0.2, 0) is 24.5 Å². The molecule has 0 aliphatic carbocycles. The van der Waals surface area contributed by atoms with Crippen LogP contribution < -0.4 is 10.6 Å². The molecule has 10 heteroatoms. The first kappa shape index (κ1) is 17.3. The maximum absolute atomic E-state index is 11.2. The summed E-state index contributed by atoms with van der Waals surface area (Å²) in [7, 11) is -4.15. The summed E-state index contributed by atoms with van der Waals surface area (Å²) in [5.74, 6) is -2.98. The van der Waals surface area contributed by atoms with Gasteiger partial charge in [0.15, 0.2) is 0 Å². The molecule has 1 atom stereocenters. The molecule has 0 saturated heterocycles. The second kappa shape index (κ2) is 7.69. The van der Waals surface area contributed by atoms with Gasteiger partial charge in [0, 0.05) is 19.9 Å². The molecule has 0 fully saturated rings. The van der Waals surface area contributed by atoms with Crippen molar-refractivity contribution in [3.05, 3.63) is 0 Å². The largest absolute Gasteiger partial charge is 0.480 e. The van der Waals surface area contributed by atoms with E-state index in [2.05, 4.69) is 10.6 Å². The first-order valence-electron chi connectivity index (χ1n) is 5.33. The Kier molecular flexibility index (Phi) is 7.01. The molecule has 0 rings (SSSR count). The third kappa shape index (κ3) is 9.97. The van der Waals surface area contributed by atoms with Crippen molar-refractivity contribution in [2.75, 3.05) is 12.3 Å². The molecule has 0 heterocycles. The third-order valence-corrected chi connectivity index (χ3v) is 2.74. The summed E-state index contributed by atoms with van der Waals surface area (Å²) in [4.78, 5) is 32.7. The summed E-state index contributed by atoms with van der Waals surface area (Å²) < 4.78 is 29.2. The van der Waals surface area contributed by atoms with Gasteiger partial charge in [-0.1, -0.05) is 0 Å². The van der Waals surface area contributed by atoms with Crippen LogP contribution in [0.15, 0.2) is 0 Å². The minimum absolute atomic E-state index is 0.118. The molecule has 4 N–H and O–H groups in total. The van der Waals surface area contributed by atoms with E-state index in [1.54, 1.807) is 0 Å². The molecule has 0 aliphatic heterocycles. The summed E-state index contributed by atoms with van der Waals surface area (Å²) in [5, 5.41) is 13.1. The van der Waals surface area contributed by atoms with Gasteiger partial charge in [-0.2, -0.15) is 8.42 Å². The monoisotopic (exact) mass is 296 g/mol. The van der Waals surface area contributed by atoms with Crippen molar-refractivity contribution < 1.29 is 32.5 Å². The summed E-state index contributed by atoms with van der Waals surface area (Å²) in [6, 6.07) is -1.18. The van der Waals surface area contributed by atoms with Gasteiger partial charge in [0.05, 0.1) is 5.75 Å². The van der Waals surface area contributed by atoms with Crippen molar-refractivity contribution in [3.8, 4) is 0 Å². The van der Waals surface area contributed by atoms with E-state index in [0.29, 0.717) is 0 Å². The Balaban J connectivity index is 4.05. The highest BCUT2D eigenvalue weighted by Gasteiger charge is 2.19. The molecule has 0 radical (unpaired) electrons. The van der Waals surface area contributed by atoms with Crippen molar-refractivity contribution >= 4 is 27.9 Å². The molecule has 9 nitrogen and oxygen atoms in total. The molecule has 110 valence electrons. The third-order valence-electron chi connectivity index (χ3n) is 2.02. The maximum atomic E-state index is 11.2. The van der Waals surface area contributed by atoms with Gasteiger partial charge in [-0.05, 0) is 6.42 Å².